The predicted molar refractivity (Wildman–Crippen MR) is 80.9 cm³/mol. The molecule has 1 amide bonds. The second-order valence-electron chi connectivity index (χ2n) is 6.88. The Balaban J connectivity index is 2.86. The van der Waals surface area contributed by atoms with Gasteiger partial charge in [0.05, 0.1) is 12.8 Å². The largest absolute Gasteiger partial charge is 0.429 e. The average molecular weight is 352 g/mol. The van der Waals surface area contributed by atoms with Crippen LogP contribution >= 0.6 is 0 Å². The first-order chi connectivity index (χ1) is 10.2. The fourth-order valence-corrected chi connectivity index (χ4v) is 2.41. The van der Waals surface area contributed by atoms with Crippen molar-refractivity contribution in [1.29, 1.82) is 0 Å². The number of hydrogen-bond donors (Lipinski definition) is 1. The molecule has 0 aliphatic heterocycles. The van der Waals surface area contributed by atoms with E-state index in [1.54, 1.807) is 0 Å². The van der Waals surface area contributed by atoms with E-state index in [0.717, 1.165) is 13.1 Å². The molecule has 0 spiro atoms. The minimum atomic E-state index is -4.67. The van der Waals surface area contributed by atoms with Gasteiger partial charge in [-0.15, -0.1) is 5.10 Å². The van der Waals surface area contributed by atoms with Gasteiger partial charge >= 0.3 is 6.18 Å². The summed E-state index contributed by atoms with van der Waals surface area (Å²) in [6.45, 7) is 11.4. The van der Waals surface area contributed by atoms with Crippen LogP contribution in [-0.4, -0.2) is 35.4 Å². The molecule has 0 radical (unpaired) electrons. The topological polar surface area (TPSA) is 69.0 Å². The number of rotatable bonds is 5. The van der Waals surface area contributed by atoms with E-state index in [0.29, 0.717) is 4.68 Å². The van der Waals surface area contributed by atoms with Crippen molar-refractivity contribution in [2.45, 2.75) is 64.8 Å². The lowest BCUT2D eigenvalue weighted by molar-refractivity contribution is -0.181. The van der Waals surface area contributed by atoms with Crippen LogP contribution in [0.2, 0.25) is 18.1 Å². The normalized spacial score (nSPS) is 14.7. The van der Waals surface area contributed by atoms with Gasteiger partial charge in [0, 0.05) is 6.92 Å². The third-order valence-electron chi connectivity index (χ3n) is 3.86. The van der Waals surface area contributed by atoms with Crippen LogP contribution in [0.15, 0.2) is 6.20 Å². The SMILES string of the molecule is CC(=O)NC(n1cc(CO[Si](C)(C)C(C)(C)C)nn1)C(F)(F)F. The Bertz CT molecular complexity index is 552. The lowest BCUT2D eigenvalue weighted by atomic mass is 10.2. The van der Waals surface area contributed by atoms with E-state index in [9.17, 15) is 18.0 Å². The number of nitrogens with one attached hydrogen (secondary N) is 1. The highest BCUT2D eigenvalue weighted by molar-refractivity contribution is 6.74. The Hall–Kier alpha value is -1.42. The summed E-state index contributed by atoms with van der Waals surface area (Å²) in [6, 6.07) is 0. The van der Waals surface area contributed by atoms with Gasteiger partial charge in [-0.25, -0.2) is 4.68 Å². The summed E-state index contributed by atoms with van der Waals surface area (Å²) in [4.78, 5) is 11.0. The van der Waals surface area contributed by atoms with Crippen LogP contribution in [0, 0.1) is 0 Å². The summed E-state index contributed by atoms with van der Waals surface area (Å²) < 4.78 is 45.4. The first-order valence-corrected chi connectivity index (χ1v) is 10.0. The minimum Gasteiger partial charge on any atom is -0.411 e. The van der Waals surface area contributed by atoms with Gasteiger partial charge in [-0.2, -0.15) is 13.2 Å². The maximum absolute atomic E-state index is 13.0. The molecule has 1 N–H and O–H groups in total. The molecule has 1 heterocycles. The van der Waals surface area contributed by atoms with Crippen molar-refractivity contribution in [3.05, 3.63) is 11.9 Å². The summed E-state index contributed by atoms with van der Waals surface area (Å²) in [5.74, 6) is -0.804. The van der Waals surface area contributed by atoms with Crippen molar-refractivity contribution in [3.8, 4) is 0 Å². The highest BCUT2D eigenvalue weighted by Crippen LogP contribution is 2.37. The summed E-state index contributed by atoms with van der Waals surface area (Å²) in [5, 5.41) is 8.96. The second kappa shape index (κ2) is 6.60. The number of halogens is 3. The summed E-state index contributed by atoms with van der Waals surface area (Å²) in [5.41, 5.74) is 0.287. The van der Waals surface area contributed by atoms with E-state index in [4.69, 9.17) is 4.43 Å². The molecule has 0 aliphatic rings. The highest BCUT2D eigenvalue weighted by atomic mass is 28.4. The zero-order valence-corrected chi connectivity index (χ0v) is 15.2. The summed E-state index contributed by atoms with van der Waals surface area (Å²) in [6.07, 6.45) is -5.77. The monoisotopic (exact) mass is 352 g/mol. The van der Waals surface area contributed by atoms with Gasteiger partial charge in [-0.3, -0.25) is 4.79 Å². The minimum absolute atomic E-state index is 0.0202. The van der Waals surface area contributed by atoms with E-state index in [2.05, 4.69) is 31.1 Å². The number of nitrogens with zero attached hydrogens (tertiary/aromatic N) is 3. The number of carbonyl (C=O) groups excluding carboxylic acids is 1. The van der Waals surface area contributed by atoms with Crippen molar-refractivity contribution >= 4 is 14.2 Å². The van der Waals surface area contributed by atoms with E-state index < -0.39 is 26.6 Å². The van der Waals surface area contributed by atoms with Crippen molar-refractivity contribution in [1.82, 2.24) is 20.3 Å². The Labute approximate surface area is 134 Å². The van der Waals surface area contributed by atoms with Crippen LogP contribution in [0.4, 0.5) is 13.2 Å². The summed E-state index contributed by atoms with van der Waals surface area (Å²) in [7, 11) is -2.04. The maximum atomic E-state index is 13.0. The van der Waals surface area contributed by atoms with Crippen LogP contribution in [0.5, 0.6) is 0 Å². The van der Waals surface area contributed by atoms with E-state index >= 15 is 0 Å². The molecule has 1 rings (SSSR count). The average Bonchev–Trinajstić information content (AvgIpc) is 2.79. The number of aromatic nitrogens is 3. The molecule has 0 aliphatic carbocycles. The Morgan fingerprint density at radius 3 is 2.39 bits per heavy atom. The predicted octanol–water partition coefficient (Wildman–Crippen LogP) is 3.00. The number of amides is 1. The number of carbonyl (C=O) groups is 1. The van der Waals surface area contributed by atoms with Gasteiger partial charge in [-0.05, 0) is 18.1 Å². The molecule has 6 nitrogen and oxygen atoms in total. The van der Waals surface area contributed by atoms with Crippen LogP contribution in [0.3, 0.4) is 0 Å². The lowest BCUT2D eigenvalue weighted by Crippen LogP contribution is -2.41. The van der Waals surface area contributed by atoms with Crippen LogP contribution < -0.4 is 5.32 Å². The molecule has 0 bridgehead atoms. The molecule has 1 aromatic rings. The maximum Gasteiger partial charge on any atom is 0.429 e. The third-order valence-corrected chi connectivity index (χ3v) is 8.34. The number of hydrogen-bond acceptors (Lipinski definition) is 4. The van der Waals surface area contributed by atoms with E-state index in [-0.39, 0.29) is 17.3 Å². The molecule has 0 saturated carbocycles. The van der Waals surface area contributed by atoms with Gasteiger partial charge in [0.25, 0.3) is 0 Å². The van der Waals surface area contributed by atoms with Crippen LogP contribution in [0.1, 0.15) is 39.6 Å². The molecule has 23 heavy (non-hydrogen) atoms. The smallest absolute Gasteiger partial charge is 0.411 e. The first-order valence-electron chi connectivity index (χ1n) is 7.12. The lowest BCUT2D eigenvalue weighted by Gasteiger charge is -2.35. The van der Waals surface area contributed by atoms with Crippen molar-refractivity contribution in [2.75, 3.05) is 0 Å². The van der Waals surface area contributed by atoms with Gasteiger partial charge in [0.1, 0.15) is 5.69 Å². The molecule has 0 saturated heterocycles. The zero-order valence-electron chi connectivity index (χ0n) is 14.2. The molecular formula is C13H23F3N4O2Si. The second-order valence-corrected chi connectivity index (χ2v) is 11.7. The van der Waals surface area contributed by atoms with Gasteiger partial charge in [0.15, 0.2) is 8.32 Å². The molecule has 132 valence electrons. The molecule has 1 atom stereocenters. The number of alkyl halides is 3. The molecule has 1 aromatic heterocycles. The molecule has 1 unspecified atom stereocenters. The van der Waals surface area contributed by atoms with E-state index in [1.165, 1.54) is 0 Å². The fourth-order valence-electron chi connectivity index (χ4n) is 1.47. The molecule has 0 aromatic carbocycles. The Morgan fingerprint density at radius 2 is 1.96 bits per heavy atom. The molecule has 0 fully saturated rings. The third kappa shape index (κ3) is 5.31. The quantitative estimate of drug-likeness (QED) is 0.827. The van der Waals surface area contributed by atoms with Gasteiger partial charge in [-0.1, -0.05) is 26.0 Å². The highest BCUT2D eigenvalue weighted by Gasteiger charge is 2.43. The van der Waals surface area contributed by atoms with E-state index in [1.807, 2.05) is 18.4 Å². The molecular weight excluding hydrogens is 329 g/mol. The van der Waals surface area contributed by atoms with Crippen molar-refractivity contribution in [3.63, 3.8) is 0 Å². The van der Waals surface area contributed by atoms with Crippen LogP contribution in [0.25, 0.3) is 0 Å². The van der Waals surface area contributed by atoms with Crippen LogP contribution in [-0.2, 0) is 15.8 Å². The first kappa shape index (κ1) is 19.6. The van der Waals surface area contributed by atoms with Gasteiger partial charge < -0.3 is 9.74 Å². The summed E-state index contributed by atoms with van der Waals surface area (Å²) >= 11 is 0. The van der Waals surface area contributed by atoms with Gasteiger partial charge in [0.2, 0.25) is 12.1 Å². The zero-order chi connectivity index (χ0) is 18.1. The Morgan fingerprint density at radius 1 is 1.39 bits per heavy atom. The van der Waals surface area contributed by atoms with Crippen molar-refractivity contribution in [2.24, 2.45) is 0 Å². The standard InChI is InChI=1S/C13H23F3N4O2Si/c1-9(21)17-11(13(14,15)16)20-7-10(18-19-20)8-22-23(5,6)12(2,3)4/h7,11H,8H2,1-6H3,(H,17,21). The fraction of sp³-hybridized carbons (Fsp3) is 0.769. The molecule has 10 heteroatoms. The van der Waals surface area contributed by atoms with Crippen molar-refractivity contribution < 1.29 is 22.4 Å². The Kier molecular flexibility index (Phi) is 5.63.